The molecule has 0 aliphatic heterocycles. The lowest BCUT2D eigenvalue weighted by Gasteiger charge is -2.38. The van der Waals surface area contributed by atoms with E-state index in [0.717, 1.165) is 24.3 Å². The van der Waals surface area contributed by atoms with Crippen molar-refractivity contribution < 1.29 is 0 Å². The van der Waals surface area contributed by atoms with Gasteiger partial charge in [0.25, 0.3) is 0 Å². The molecule has 1 aromatic carbocycles. The van der Waals surface area contributed by atoms with Crippen LogP contribution in [0.25, 0.3) is 0 Å². The van der Waals surface area contributed by atoms with Gasteiger partial charge in [-0.1, -0.05) is 37.1 Å². The first kappa shape index (κ1) is 16.5. The van der Waals surface area contributed by atoms with E-state index in [4.69, 9.17) is 0 Å². The second kappa shape index (κ2) is 6.52. The average molecular weight is 287 g/mol. The molecule has 3 unspecified atom stereocenters. The van der Waals surface area contributed by atoms with E-state index in [9.17, 15) is 0 Å². The number of hydrogen-bond donors (Lipinski definition) is 1. The number of aryl methyl sites for hydroxylation is 2. The van der Waals surface area contributed by atoms with Gasteiger partial charge in [-0.25, -0.2) is 0 Å². The third-order valence-corrected chi connectivity index (χ3v) is 4.97. The first-order valence-corrected chi connectivity index (χ1v) is 8.58. The van der Waals surface area contributed by atoms with E-state index >= 15 is 0 Å². The topological polar surface area (TPSA) is 12.0 Å². The van der Waals surface area contributed by atoms with Gasteiger partial charge in [0.05, 0.1) is 0 Å². The summed E-state index contributed by atoms with van der Waals surface area (Å²) in [5.41, 5.74) is 4.67. The van der Waals surface area contributed by atoms with Crippen molar-refractivity contribution in [2.75, 3.05) is 6.54 Å². The molecular weight excluding hydrogens is 254 g/mol. The molecule has 0 heterocycles. The minimum absolute atomic E-state index is 0.218. The summed E-state index contributed by atoms with van der Waals surface area (Å²) < 4.78 is 0. The molecule has 0 spiro atoms. The van der Waals surface area contributed by atoms with Crippen molar-refractivity contribution in [3.63, 3.8) is 0 Å². The van der Waals surface area contributed by atoms with Gasteiger partial charge >= 0.3 is 0 Å². The summed E-state index contributed by atoms with van der Waals surface area (Å²) in [6.07, 6.45) is 4.10. The van der Waals surface area contributed by atoms with Crippen molar-refractivity contribution in [1.82, 2.24) is 5.32 Å². The fourth-order valence-electron chi connectivity index (χ4n) is 3.75. The highest BCUT2D eigenvalue weighted by atomic mass is 14.9. The molecule has 1 aromatic rings. The maximum Gasteiger partial charge on any atom is 0.00966 e. The Morgan fingerprint density at radius 2 is 1.86 bits per heavy atom. The summed E-state index contributed by atoms with van der Waals surface area (Å²) in [7, 11) is 0. The monoisotopic (exact) mass is 287 g/mol. The molecule has 1 fully saturated rings. The van der Waals surface area contributed by atoms with E-state index in [-0.39, 0.29) is 5.54 Å². The number of nitrogens with one attached hydrogen (secondary N) is 1. The molecule has 1 N–H and O–H groups in total. The average Bonchev–Trinajstić information content (AvgIpc) is 2.36. The maximum absolute atomic E-state index is 3.74. The molecule has 21 heavy (non-hydrogen) atoms. The molecule has 1 heteroatoms. The number of rotatable bonds is 3. The Morgan fingerprint density at radius 1 is 1.14 bits per heavy atom. The van der Waals surface area contributed by atoms with Crippen LogP contribution in [0.3, 0.4) is 0 Å². The third-order valence-electron chi connectivity index (χ3n) is 4.97. The van der Waals surface area contributed by atoms with Gasteiger partial charge < -0.3 is 5.32 Å². The Balaban J connectivity index is 2.18. The normalized spacial score (nSPS) is 26.9. The Kier molecular flexibility index (Phi) is 5.14. The molecule has 1 aliphatic carbocycles. The van der Waals surface area contributed by atoms with Crippen molar-refractivity contribution in [3.05, 3.63) is 34.9 Å². The van der Waals surface area contributed by atoms with Gasteiger partial charge in [-0.3, -0.25) is 0 Å². The first-order chi connectivity index (χ1) is 9.76. The van der Waals surface area contributed by atoms with Crippen LogP contribution in [0.15, 0.2) is 18.2 Å². The fourth-order valence-corrected chi connectivity index (χ4v) is 3.75. The molecule has 3 atom stereocenters. The molecule has 0 radical (unpaired) electrons. The number of hydrogen-bond acceptors (Lipinski definition) is 1. The lowest BCUT2D eigenvalue weighted by molar-refractivity contribution is 0.226. The van der Waals surface area contributed by atoms with Crippen LogP contribution in [0.1, 0.15) is 69.6 Å². The molecule has 0 aromatic heterocycles. The summed E-state index contributed by atoms with van der Waals surface area (Å²) in [5.74, 6) is 2.37. The molecule has 0 saturated heterocycles. The van der Waals surface area contributed by atoms with Gasteiger partial charge in [-0.15, -0.1) is 0 Å². The molecule has 1 nitrogen and oxygen atoms in total. The largest absolute Gasteiger partial charge is 0.312 e. The lowest BCUT2D eigenvalue weighted by atomic mass is 9.70. The molecular formula is C20H33N. The van der Waals surface area contributed by atoms with E-state index in [1.54, 1.807) is 5.56 Å². The summed E-state index contributed by atoms with van der Waals surface area (Å²) in [6, 6.07) is 7.02. The van der Waals surface area contributed by atoms with Crippen LogP contribution < -0.4 is 5.32 Å². The van der Waals surface area contributed by atoms with Crippen LogP contribution in [-0.4, -0.2) is 12.1 Å². The smallest absolute Gasteiger partial charge is 0.00966 e. The molecule has 0 amide bonds. The minimum Gasteiger partial charge on any atom is -0.312 e. The van der Waals surface area contributed by atoms with E-state index in [0.29, 0.717) is 0 Å². The fraction of sp³-hybridized carbons (Fsp3) is 0.700. The highest BCUT2D eigenvalue weighted by Gasteiger charge is 2.31. The molecule has 1 aliphatic rings. The van der Waals surface area contributed by atoms with Gasteiger partial charge in [0.15, 0.2) is 0 Å². The van der Waals surface area contributed by atoms with E-state index in [1.165, 1.54) is 30.4 Å². The molecule has 0 bridgehead atoms. The molecule has 1 saturated carbocycles. The second-order valence-corrected chi connectivity index (χ2v) is 8.28. The third kappa shape index (κ3) is 4.57. The summed E-state index contributed by atoms with van der Waals surface area (Å²) >= 11 is 0. The molecule has 118 valence electrons. The van der Waals surface area contributed by atoms with E-state index < -0.39 is 0 Å². The lowest BCUT2D eigenvalue weighted by Crippen LogP contribution is -2.41. The minimum atomic E-state index is 0.218. The maximum atomic E-state index is 3.74. The van der Waals surface area contributed by atoms with Crippen LogP contribution in [0, 0.1) is 25.7 Å². The van der Waals surface area contributed by atoms with Crippen molar-refractivity contribution >= 4 is 0 Å². The zero-order chi connectivity index (χ0) is 15.6. The van der Waals surface area contributed by atoms with Crippen LogP contribution >= 0.6 is 0 Å². The van der Waals surface area contributed by atoms with Crippen molar-refractivity contribution in [3.8, 4) is 0 Å². The molecule has 2 rings (SSSR count). The highest BCUT2D eigenvalue weighted by molar-refractivity contribution is 5.34. The summed E-state index contributed by atoms with van der Waals surface area (Å²) in [4.78, 5) is 0. The zero-order valence-electron chi connectivity index (χ0n) is 14.8. The van der Waals surface area contributed by atoms with Gasteiger partial charge in [-0.2, -0.15) is 0 Å². The first-order valence-electron chi connectivity index (χ1n) is 8.58. The SMILES string of the molecule is Cc1ccc(C2CC(C)CCC2CNC(C)(C)C)c(C)c1. The predicted octanol–water partition coefficient (Wildman–Crippen LogP) is 5.21. The van der Waals surface area contributed by atoms with Crippen LogP contribution in [0.5, 0.6) is 0 Å². The van der Waals surface area contributed by atoms with Crippen LogP contribution in [-0.2, 0) is 0 Å². The van der Waals surface area contributed by atoms with Gasteiger partial charge in [0, 0.05) is 5.54 Å². The van der Waals surface area contributed by atoms with Gasteiger partial charge in [0.2, 0.25) is 0 Å². The predicted molar refractivity (Wildman–Crippen MR) is 92.9 cm³/mol. The Morgan fingerprint density at radius 3 is 2.48 bits per heavy atom. The van der Waals surface area contributed by atoms with E-state index in [2.05, 4.69) is 65.1 Å². The Labute approximate surface area is 131 Å². The summed E-state index contributed by atoms with van der Waals surface area (Å²) in [5, 5.41) is 3.74. The van der Waals surface area contributed by atoms with Crippen molar-refractivity contribution in [1.29, 1.82) is 0 Å². The van der Waals surface area contributed by atoms with Gasteiger partial charge in [0.1, 0.15) is 0 Å². The summed E-state index contributed by atoms with van der Waals surface area (Å²) in [6.45, 7) is 14.9. The highest BCUT2D eigenvalue weighted by Crippen LogP contribution is 2.41. The van der Waals surface area contributed by atoms with E-state index in [1.807, 2.05) is 0 Å². The second-order valence-electron chi connectivity index (χ2n) is 8.28. The Hall–Kier alpha value is -0.820. The van der Waals surface area contributed by atoms with Crippen molar-refractivity contribution in [2.24, 2.45) is 11.8 Å². The standard InChI is InChI=1S/C20H33N/c1-14-8-10-18(16(3)11-14)19-12-15(2)7-9-17(19)13-21-20(4,5)6/h8,10-11,15,17,19,21H,7,9,12-13H2,1-6H3. The number of benzene rings is 1. The Bertz CT molecular complexity index is 469. The van der Waals surface area contributed by atoms with Crippen LogP contribution in [0.2, 0.25) is 0 Å². The van der Waals surface area contributed by atoms with Gasteiger partial charge in [-0.05, 0) is 82.9 Å². The van der Waals surface area contributed by atoms with Crippen LogP contribution in [0.4, 0.5) is 0 Å². The van der Waals surface area contributed by atoms with Crippen molar-refractivity contribution in [2.45, 2.75) is 72.3 Å². The zero-order valence-corrected chi connectivity index (χ0v) is 14.8. The quantitative estimate of drug-likeness (QED) is 0.804.